The second-order valence-corrected chi connectivity index (χ2v) is 5.65. The average Bonchev–Trinajstić information content (AvgIpc) is 2.55. The lowest BCUT2D eigenvalue weighted by Gasteiger charge is -2.12. The van der Waals surface area contributed by atoms with Gasteiger partial charge in [-0.3, -0.25) is 4.79 Å². The highest BCUT2D eigenvalue weighted by Crippen LogP contribution is 2.13. The van der Waals surface area contributed by atoms with E-state index in [1.54, 1.807) is 6.07 Å². The molecule has 0 radical (unpaired) electrons. The SMILES string of the molecule is CCC(CC)C(=O)Nc1ccc(NCc2cccc(C)c2)nn1. The Morgan fingerprint density at radius 2 is 1.78 bits per heavy atom. The molecule has 2 rings (SSSR count). The van der Waals surface area contributed by atoms with E-state index in [9.17, 15) is 4.79 Å². The Bertz CT molecular complexity index is 636. The molecule has 122 valence electrons. The highest BCUT2D eigenvalue weighted by Gasteiger charge is 2.14. The number of rotatable bonds is 7. The Morgan fingerprint density at radius 3 is 2.39 bits per heavy atom. The molecule has 2 N–H and O–H groups in total. The average molecular weight is 312 g/mol. The number of amides is 1. The van der Waals surface area contributed by atoms with Crippen LogP contribution in [0.3, 0.4) is 0 Å². The number of nitrogens with one attached hydrogen (secondary N) is 2. The molecule has 0 atom stereocenters. The summed E-state index contributed by atoms with van der Waals surface area (Å²) in [7, 11) is 0. The maximum absolute atomic E-state index is 12.0. The smallest absolute Gasteiger partial charge is 0.228 e. The van der Waals surface area contributed by atoms with Crippen LogP contribution in [0.2, 0.25) is 0 Å². The van der Waals surface area contributed by atoms with Crippen LogP contribution in [-0.4, -0.2) is 16.1 Å². The molecule has 0 fully saturated rings. The number of hydrogen-bond acceptors (Lipinski definition) is 4. The van der Waals surface area contributed by atoms with E-state index in [0.717, 1.165) is 12.8 Å². The van der Waals surface area contributed by atoms with Crippen LogP contribution < -0.4 is 10.6 Å². The fraction of sp³-hybridized carbons (Fsp3) is 0.389. The molecule has 23 heavy (non-hydrogen) atoms. The van der Waals surface area contributed by atoms with Crippen molar-refractivity contribution >= 4 is 17.5 Å². The largest absolute Gasteiger partial charge is 0.365 e. The predicted octanol–water partition coefficient (Wildman–Crippen LogP) is 3.77. The highest BCUT2D eigenvalue weighted by molar-refractivity contribution is 5.91. The third kappa shape index (κ3) is 5.06. The molecule has 0 saturated heterocycles. The summed E-state index contributed by atoms with van der Waals surface area (Å²) in [6, 6.07) is 11.9. The standard InChI is InChI=1S/C18H24N4O/c1-4-15(5-2)18(23)20-17-10-9-16(21-22-17)19-12-14-8-6-7-13(3)11-14/h6-11,15H,4-5,12H2,1-3H3,(H,19,21)(H,20,22,23). The van der Waals surface area contributed by atoms with Crippen LogP contribution in [0.5, 0.6) is 0 Å². The number of carbonyl (C=O) groups is 1. The zero-order chi connectivity index (χ0) is 16.7. The summed E-state index contributed by atoms with van der Waals surface area (Å²) >= 11 is 0. The molecular weight excluding hydrogens is 288 g/mol. The van der Waals surface area contributed by atoms with Crippen molar-refractivity contribution in [2.75, 3.05) is 10.6 Å². The number of aryl methyl sites for hydroxylation is 1. The minimum absolute atomic E-state index is 0.00442. The van der Waals surface area contributed by atoms with E-state index in [2.05, 4.69) is 46.0 Å². The van der Waals surface area contributed by atoms with E-state index in [0.29, 0.717) is 18.2 Å². The second-order valence-electron chi connectivity index (χ2n) is 5.65. The van der Waals surface area contributed by atoms with Crippen molar-refractivity contribution in [2.24, 2.45) is 5.92 Å². The third-order valence-corrected chi connectivity index (χ3v) is 3.83. The number of benzene rings is 1. The lowest BCUT2D eigenvalue weighted by Crippen LogP contribution is -2.22. The highest BCUT2D eigenvalue weighted by atomic mass is 16.1. The maximum Gasteiger partial charge on any atom is 0.228 e. The first-order valence-corrected chi connectivity index (χ1v) is 8.06. The number of aromatic nitrogens is 2. The Labute approximate surface area is 137 Å². The van der Waals surface area contributed by atoms with Crippen molar-refractivity contribution in [1.82, 2.24) is 10.2 Å². The quantitative estimate of drug-likeness (QED) is 0.816. The molecule has 1 aromatic carbocycles. The van der Waals surface area contributed by atoms with Crippen LogP contribution in [0, 0.1) is 12.8 Å². The van der Waals surface area contributed by atoms with Crippen molar-refractivity contribution in [3.63, 3.8) is 0 Å². The Morgan fingerprint density at radius 1 is 1.09 bits per heavy atom. The van der Waals surface area contributed by atoms with Crippen LogP contribution >= 0.6 is 0 Å². The molecule has 1 heterocycles. The summed E-state index contributed by atoms with van der Waals surface area (Å²) in [5, 5.41) is 14.2. The van der Waals surface area contributed by atoms with E-state index >= 15 is 0 Å². The van der Waals surface area contributed by atoms with Gasteiger partial charge in [0.2, 0.25) is 5.91 Å². The Hall–Kier alpha value is -2.43. The van der Waals surface area contributed by atoms with Crippen molar-refractivity contribution in [2.45, 2.75) is 40.2 Å². The van der Waals surface area contributed by atoms with Gasteiger partial charge in [-0.05, 0) is 37.5 Å². The van der Waals surface area contributed by atoms with Gasteiger partial charge in [-0.1, -0.05) is 43.7 Å². The van der Waals surface area contributed by atoms with Gasteiger partial charge < -0.3 is 10.6 Å². The van der Waals surface area contributed by atoms with E-state index in [-0.39, 0.29) is 11.8 Å². The van der Waals surface area contributed by atoms with Gasteiger partial charge in [-0.2, -0.15) is 0 Å². The Balaban J connectivity index is 1.90. The molecule has 0 aliphatic heterocycles. The molecule has 2 aromatic rings. The minimum Gasteiger partial charge on any atom is -0.365 e. The zero-order valence-electron chi connectivity index (χ0n) is 14.0. The molecule has 5 nitrogen and oxygen atoms in total. The molecule has 0 bridgehead atoms. The van der Waals surface area contributed by atoms with Crippen molar-refractivity contribution in [3.8, 4) is 0 Å². The molecule has 0 spiro atoms. The van der Waals surface area contributed by atoms with Crippen LogP contribution in [0.25, 0.3) is 0 Å². The summed E-state index contributed by atoms with van der Waals surface area (Å²) in [6.45, 7) is 6.78. The van der Waals surface area contributed by atoms with E-state index < -0.39 is 0 Å². The Kier molecular flexibility index (Phi) is 6.09. The summed E-state index contributed by atoms with van der Waals surface area (Å²) in [5.41, 5.74) is 2.42. The number of nitrogens with zero attached hydrogens (tertiary/aromatic N) is 2. The summed E-state index contributed by atoms with van der Waals surface area (Å²) < 4.78 is 0. The first kappa shape index (κ1) is 16.9. The topological polar surface area (TPSA) is 66.9 Å². The van der Waals surface area contributed by atoms with Gasteiger partial charge in [0.25, 0.3) is 0 Å². The van der Waals surface area contributed by atoms with Gasteiger partial charge in [-0.15, -0.1) is 10.2 Å². The van der Waals surface area contributed by atoms with Gasteiger partial charge in [0.05, 0.1) is 0 Å². The molecule has 0 saturated carbocycles. The van der Waals surface area contributed by atoms with E-state index in [4.69, 9.17) is 0 Å². The monoisotopic (exact) mass is 312 g/mol. The minimum atomic E-state index is 0.00442. The number of carbonyl (C=O) groups excluding carboxylic acids is 1. The van der Waals surface area contributed by atoms with E-state index in [1.807, 2.05) is 26.0 Å². The van der Waals surface area contributed by atoms with E-state index in [1.165, 1.54) is 11.1 Å². The van der Waals surface area contributed by atoms with Gasteiger partial charge in [0.15, 0.2) is 5.82 Å². The first-order chi connectivity index (χ1) is 11.1. The predicted molar refractivity (Wildman–Crippen MR) is 93.2 cm³/mol. The lowest BCUT2D eigenvalue weighted by atomic mass is 10.0. The summed E-state index contributed by atoms with van der Waals surface area (Å²) in [6.07, 6.45) is 1.65. The first-order valence-electron chi connectivity index (χ1n) is 8.06. The molecule has 0 unspecified atom stereocenters. The fourth-order valence-electron chi connectivity index (χ4n) is 2.40. The van der Waals surface area contributed by atoms with Crippen molar-refractivity contribution in [1.29, 1.82) is 0 Å². The van der Waals surface area contributed by atoms with Crippen LogP contribution in [-0.2, 0) is 11.3 Å². The number of anilines is 2. The molecule has 1 aromatic heterocycles. The van der Waals surface area contributed by atoms with Crippen LogP contribution in [0.15, 0.2) is 36.4 Å². The second kappa shape index (κ2) is 8.27. The van der Waals surface area contributed by atoms with Gasteiger partial charge in [0.1, 0.15) is 5.82 Å². The zero-order valence-corrected chi connectivity index (χ0v) is 14.0. The van der Waals surface area contributed by atoms with Gasteiger partial charge in [0, 0.05) is 12.5 Å². The molecule has 5 heteroatoms. The van der Waals surface area contributed by atoms with Gasteiger partial charge in [-0.25, -0.2) is 0 Å². The summed E-state index contributed by atoms with van der Waals surface area (Å²) in [4.78, 5) is 12.0. The maximum atomic E-state index is 12.0. The molecule has 1 amide bonds. The molecule has 0 aliphatic carbocycles. The number of hydrogen-bond donors (Lipinski definition) is 2. The lowest BCUT2D eigenvalue weighted by molar-refractivity contribution is -0.120. The molecular formula is C18H24N4O. The summed E-state index contributed by atoms with van der Waals surface area (Å²) in [5.74, 6) is 1.20. The van der Waals surface area contributed by atoms with Crippen molar-refractivity contribution in [3.05, 3.63) is 47.5 Å². The fourth-order valence-corrected chi connectivity index (χ4v) is 2.40. The third-order valence-electron chi connectivity index (χ3n) is 3.83. The normalized spacial score (nSPS) is 10.6. The van der Waals surface area contributed by atoms with Crippen LogP contribution in [0.4, 0.5) is 11.6 Å². The molecule has 0 aliphatic rings. The van der Waals surface area contributed by atoms with Crippen LogP contribution in [0.1, 0.15) is 37.8 Å². The van der Waals surface area contributed by atoms with Gasteiger partial charge >= 0.3 is 0 Å². The van der Waals surface area contributed by atoms with Crippen molar-refractivity contribution < 1.29 is 4.79 Å².